The van der Waals surface area contributed by atoms with Gasteiger partial charge in [-0.15, -0.1) is 16.6 Å². The minimum atomic E-state index is -0.224. The van der Waals surface area contributed by atoms with Gasteiger partial charge in [0.05, 0.1) is 7.11 Å². The molecule has 0 saturated carbocycles. The van der Waals surface area contributed by atoms with Crippen LogP contribution in [0, 0.1) is 12.3 Å². The molecule has 0 aliphatic rings. The van der Waals surface area contributed by atoms with Crippen molar-refractivity contribution in [3.05, 3.63) is 30.1 Å². The Morgan fingerprint density at radius 3 is 3.00 bits per heavy atom. The van der Waals surface area contributed by atoms with Crippen molar-refractivity contribution in [2.75, 3.05) is 20.5 Å². The number of terminal acetylenes is 1. The number of nitrogens with zero attached hydrogens (tertiary/aromatic N) is 3. The van der Waals surface area contributed by atoms with Gasteiger partial charge in [-0.2, -0.15) is 4.98 Å². The van der Waals surface area contributed by atoms with E-state index in [2.05, 4.69) is 21.1 Å². The summed E-state index contributed by atoms with van der Waals surface area (Å²) < 4.78 is 23.3. The predicted octanol–water partition coefficient (Wildman–Crippen LogP) is 1.90. The number of aromatic nitrogens is 3. The average molecular weight is 286 g/mol. The van der Waals surface area contributed by atoms with Gasteiger partial charge in [0.2, 0.25) is 5.88 Å². The molecule has 1 aromatic carbocycles. The van der Waals surface area contributed by atoms with E-state index in [9.17, 15) is 0 Å². The maximum absolute atomic E-state index is 7.41. The topological polar surface area (TPSA) is 66.4 Å². The number of rotatable bonds is 6. The van der Waals surface area contributed by atoms with E-state index in [-0.39, 0.29) is 19.0 Å². The van der Waals surface area contributed by atoms with Crippen molar-refractivity contribution in [3.8, 4) is 35.2 Å². The van der Waals surface area contributed by atoms with E-state index in [4.69, 9.17) is 22.0 Å². The molecule has 0 N–H and O–H groups in total. The highest BCUT2D eigenvalue weighted by Crippen LogP contribution is 2.33. The Morgan fingerprint density at radius 1 is 1.43 bits per heavy atom. The van der Waals surface area contributed by atoms with Crippen LogP contribution in [-0.2, 0) is 4.74 Å². The van der Waals surface area contributed by atoms with Gasteiger partial charge in [-0.1, -0.05) is 5.92 Å². The molecule has 0 aliphatic carbocycles. The molecule has 0 amide bonds. The SMILES string of the molecule is [2H]c1nnc(-c2ccc(C#C)cc2OCOCC)c(OC)n1. The molecule has 108 valence electrons. The molecule has 0 radical (unpaired) electrons. The Labute approximate surface area is 124 Å². The summed E-state index contributed by atoms with van der Waals surface area (Å²) in [6, 6.07) is 5.19. The Hall–Kier alpha value is -2.65. The van der Waals surface area contributed by atoms with Crippen LogP contribution in [0.4, 0.5) is 0 Å². The maximum Gasteiger partial charge on any atom is 0.243 e. The van der Waals surface area contributed by atoms with Crippen molar-refractivity contribution in [2.24, 2.45) is 0 Å². The molecule has 1 heterocycles. The molecule has 0 spiro atoms. The van der Waals surface area contributed by atoms with Crippen molar-refractivity contribution in [3.63, 3.8) is 0 Å². The monoisotopic (exact) mass is 286 g/mol. The third kappa shape index (κ3) is 3.46. The smallest absolute Gasteiger partial charge is 0.243 e. The Morgan fingerprint density at radius 2 is 2.29 bits per heavy atom. The number of ether oxygens (including phenoxy) is 3. The highest BCUT2D eigenvalue weighted by Gasteiger charge is 2.15. The van der Waals surface area contributed by atoms with Crippen molar-refractivity contribution < 1.29 is 15.6 Å². The average Bonchev–Trinajstić information content (AvgIpc) is 2.55. The highest BCUT2D eigenvalue weighted by molar-refractivity contribution is 5.71. The number of hydrogen-bond donors (Lipinski definition) is 0. The van der Waals surface area contributed by atoms with Gasteiger partial charge in [0, 0.05) is 17.7 Å². The second kappa shape index (κ2) is 7.22. The van der Waals surface area contributed by atoms with Gasteiger partial charge in [-0.3, -0.25) is 0 Å². The van der Waals surface area contributed by atoms with E-state index in [1.165, 1.54) is 7.11 Å². The fraction of sp³-hybridized carbons (Fsp3) is 0.267. The van der Waals surface area contributed by atoms with Crippen LogP contribution in [0.2, 0.25) is 0 Å². The lowest BCUT2D eigenvalue weighted by Crippen LogP contribution is -2.04. The fourth-order valence-corrected chi connectivity index (χ4v) is 1.66. The quantitative estimate of drug-likeness (QED) is 0.459. The zero-order valence-corrected chi connectivity index (χ0v) is 11.8. The Bertz CT molecular complexity index is 701. The number of benzene rings is 1. The molecule has 0 unspecified atom stereocenters. The molecular weight excluding hydrogens is 270 g/mol. The molecule has 2 aromatic rings. The maximum atomic E-state index is 7.41. The summed E-state index contributed by atoms with van der Waals surface area (Å²) in [6.45, 7) is 2.48. The van der Waals surface area contributed by atoms with E-state index >= 15 is 0 Å². The molecule has 2 rings (SSSR count). The normalized spacial score (nSPS) is 10.6. The summed E-state index contributed by atoms with van der Waals surface area (Å²) in [6.07, 6.45) is 5.19. The standard InChI is InChI=1S/C15H15N3O3/c1-4-11-6-7-12(13(8-11)21-10-20-5-2)14-15(19-3)16-9-17-18-14/h1,6-9H,5,10H2,2-3H3/i9D. The minimum Gasteiger partial charge on any atom is -0.479 e. The molecule has 1 aromatic heterocycles. The van der Waals surface area contributed by atoms with Gasteiger partial charge >= 0.3 is 0 Å². The minimum absolute atomic E-state index is 0.0806. The fourth-order valence-electron chi connectivity index (χ4n) is 1.66. The van der Waals surface area contributed by atoms with E-state index in [1.807, 2.05) is 6.92 Å². The summed E-state index contributed by atoms with van der Waals surface area (Å²) in [7, 11) is 1.45. The van der Waals surface area contributed by atoms with E-state index in [0.29, 0.717) is 29.2 Å². The second-order valence-corrected chi connectivity index (χ2v) is 3.88. The second-order valence-electron chi connectivity index (χ2n) is 3.88. The van der Waals surface area contributed by atoms with Crippen LogP contribution in [0.1, 0.15) is 13.9 Å². The first kappa shape index (κ1) is 13.3. The Balaban J connectivity index is 2.47. The van der Waals surface area contributed by atoms with Crippen molar-refractivity contribution in [1.82, 2.24) is 15.2 Å². The lowest BCUT2D eigenvalue weighted by Gasteiger charge is -2.12. The van der Waals surface area contributed by atoms with Crippen molar-refractivity contribution >= 4 is 0 Å². The zero-order valence-electron chi connectivity index (χ0n) is 12.8. The van der Waals surface area contributed by atoms with Gasteiger partial charge < -0.3 is 14.2 Å². The first-order valence-electron chi connectivity index (χ1n) is 6.76. The summed E-state index contributed by atoms with van der Waals surface area (Å²) >= 11 is 0. The highest BCUT2D eigenvalue weighted by atomic mass is 16.7. The van der Waals surface area contributed by atoms with Crippen molar-refractivity contribution in [1.29, 1.82) is 0 Å². The van der Waals surface area contributed by atoms with Crippen LogP contribution in [-0.4, -0.2) is 35.7 Å². The largest absolute Gasteiger partial charge is 0.479 e. The van der Waals surface area contributed by atoms with Gasteiger partial charge in [-0.25, -0.2) is 0 Å². The molecule has 0 saturated heterocycles. The van der Waals surface area contributed by atoms with Crippen molar-refractivity contribution in [2.45, 2.75) is 6.92 Å². The molecule has 6 nitrogen and oxygen atoms in total. The van der Waals surface area contributed by atoms with Gasteiger partial charge in [0.1, 0.15) is 13.4 Å². The lowest BCUT2D eigenvalue weighted by atomic mass is 10.1. The van der Waals surface area contributed by atoms with E-state index in [0.717, 1.165) is 0 Å². The Kier molecular flexibility index (Phi) is 4.58. The number of hydrogen-bond acceptors (Lipinski definition) is 6. The van der Waals surface area contributed by atoms with Gasteiger partial charge in [0.25, 0.3) is 0 Å². The molecule has 0 aliphatic heterocycles. The molecule has 21 heavy (non-hydrogen) atoms. The van der Waals surface area contributed by atoms with Crippen LogP contribution < -0.4 is 9.47 Å². The molecule has 0 bridgehead atoms. The molecule has 0 atom stereocenters. The van der Waals surface area contributed by atoms with Gasteiger partial charge in [0.15, 0.2) is 12.5 Å². The van der Waals surface area contributed by atoms with Crippen LogP contribution >= 0.6 is 0 Å². The molecule has 0 fully saturated rings. The van der Waals surface area contributed by atoms with E-state index < -0.39 is 0 Å². The van der Waals surface area contributed by atoms with Gasteiger partial charge in [-0.05, 0) is 25.1 Å². The first-order valence-corrected chi connectivity index (χ1v) is 6.26. The molecule has 6 heteroatoms. The summed E-state index contributed by atoms with van der Waals surface area (Å²) in [4.78, 5) is 3.89. The van der Waals surface area contributed by atoms with Crippen LogP contribution in [0.15, 0.2) is 24.5 Å². The summed E-state index contributed by atoms with van der Waals surface area (Å²) in [5.41, 5.74) is 1.64. The molecular formula is C15H15N3O3. The third-order valence-electron chi connectivity index (χ3n) is 2.65. The van der Waals surface area contributed by atoms with E-state index in [1.54, 1.807) is 18.2 Å². The third-order valence-corrected chi connectivity index (χ3v) is 2.65. The summed E-state index contributed by atoms with van der Waals surface area (Å²) in [5.74, 6) is 3.21. The summed E-state index contributed by atoms with van der Waals surface area (Å²) in [5, 5.41) is 7.61. The predicted molar refractivity (Wildman–Crippen MR) is 76.9 cm³/mol. The first-order chi connectivity index (χ1) is 10.7. The number of methoxy groups -OCH3 is 1. The van der Waals surface area contributed by atoms with Crippen LogP contribution in [0.3, 0.4) is 0 Å². The van der Waals surface area contributed by atoms with Crippen LogP contribution in [0.5, 0.6) is 11.6 Å². The zero-order chi connectivity index (χ0) is 15.9. The van der Waals surface area contributed by atoms with Crippen LogP contribution in [0.25, 0.3) is 11.3 Å². The lowest BCUT2D eigenvalue weighted by molar-refractivity contribution is 0.0227.